The zero-order valence-electron chi connectivity index (χ0n) is 13.7. The molecule has 1 aliphatic rings. The maximum Gasteiger partial charge on any atom is 0.277 e. The van der Waals surface area contributed by atoms with E-state index in [4.69, 9.17) is 4.42 Å². The van der Waals surface area contributed by atoms with Crippen LogP contribution in [0.3, 0.4) is 0 Å². The topological polar surface area (TPSA) is 59.2 Å². The molecule has 1 aromatic heterocycles. The highest BCUT2D eigenvalue weighted by Gasteiger charge is 2.29. The lowest BCUT2D eigenvalue weighted by Gasteiger charge is -2.39. The van der Waals surface area contributed by atoms with Crippen LogP contribution in [0.2, 0.25) is 0 Å². The second-order valence-electron chi connectivity index (χ2n) is 6.07. The molecule has 1 fully saturated rings. The molecule has 2 heterocycles. The minimum absolute atomic E-state index is 0.0744. The Morgan fingerprint density at radius 1 is 1.29 bits per heavy atom. The lowest BCUT2D eigenvalue weighted by molar-refractivity contribution is -0.134. The summed E-state index contributed by atoms with van der Waals surface area (Å²) in [6, 6.07) is 6.76. The van der Waals surface area contributed by atoms with Crippen LogP contribution in [0.25, 0.3) is 11.5 Å². The van der Waals surface area contributed by atoms with Gasteiger partial charge in [-0.25, -0.2) is 4.39 Å². The monoisotopic (exact) mass is 349 g/mol. The van der Waals surface area contributed by atoms with Gasteiger partial charge in [-0.15, -0.1) is 10.2 Å². The standard InChI is InChI=1S/C17H20FN3O2S/c1-11-6-5-7-12(2)21(11)15(22)10-24-17-20-19-16(23-17)13-8-3-4-9-14(13)18/h3-4,8-9,11-12H,5-7,10H2,1-2H3/t11-,12-/m0/s1. The lowest BCUT2D eigenvalue weighted by atomic mass is 9.98. The van der Waals surface area contributed by atoms with Gasteiger partial charge in [0.25, 0.3) is 11.1 Å². The molecule has 0 bridgehead atoms. The van der Waals surface area contributed by atoms with E-state index in [9.17, 15) is 9.18 Å². The molecule has 1 amide bonds. The fourth-order valence-corrected chi connectivity index (χ4v) is 3.75. The van der Waals surface area contributed by atoms with Gasteiger partial charge in [-0.3, -0.25) is 4.79 Å². The van der Waals surface area contributed by atoms with Crippen molar-refractivity contribution >= 4 is 17.7 Å². The minimum atomic E-state index is -0.412. The van der Waals surface area contributed by atoms with Gasteiger partial charge in [0.15, 0.2) is 0 Å². The fourth-order valence-electron chi connectivity index (χ4n) is 3.12. The van der Waals surface area contributed by atoms with Gasteiger partial charge in [-0.1, -0.05) is 23.9 Å². The second kappa shape index (κ2) is 7.34. The summed E-state index contributed by atoms with van der Waals surface area (Å²) in [7, 11) is 0. The van der Waals surface area contributed by atoms with E-state index in [-0.39, 0.29) is 40.4 Å². The maximum atomic E-state index is 13.7. The van der Waals surface area contributed by atoms with E-state index in [2.05, 4.69) is 24.0 Å². The summed E-state index contributed by atoms with van der Waals surface area (Å²) in [4.78, 5) is 14.4. The van der Waals surface area contributed by atoms with Crippen LogP contribution in [0.15, 0.2) is 33.9 Å². The van der Waals surface area contributed by atoms with Crippen molar-refractivity contribution in [2.45, 2.75) is 50.4 Å². The molecule has 0 aliphatic carbocycles. The highest BCUT2D eigenvalue weighted by Crippen LogP contribution is 2.27. The van der Waals surface area contributed by atoms with Gasteiger partial charge in [-0.05, 0) is 45.2 Å². The number of hydrogen-bond donors (Lipinski definition) is 0. The molecule has 5 nitrogen and oxygen atoms in total. The number of piperidine rings is 1. The molecule has 0 N–H and O–H groups in total. The Balaban J connectivity index is 1.63. The SMILES string of the molecule is C[C@H]1CCC[C@H](C)N1C(=O)CSc1nnc(-c2ccccc2F)o1. The predicted molar refractivity (Wildman–Crippen MR) is 90.0 cm³/mol. The van der Waals surface area contributed by atoms with Crippen molar-refractivity contribution in [1.82, 2.24) is 15.1 Å². The van der Waals surface area contributed by atoms with E-state index >= 15 is 0 Å². The molecule has 3 rings (SSSR count). The average Bonchev–Trinajstić information content (AvgIpc) is 3.02. The van der Waals surface area contributed by atoms with Crippen LogP contribution >= 0.6 is 11.8 Å². The largest absolute Gasteiger partial charge is 0.411 e. The first kappa shape index (κ1) is 17.0. The number of aromatic nitrogens is 2. The van der Waals surface area contributed by atoms with Gasteiger partial charge in [0, 0.05) is 12.1 Å². The molecule has 1 aromatic carbocycles. The van der Waals surface area contributed by atoms with Crippen molar-refractivity contribution < 1.29 is 13.6 Å². The van der Waals surface area contributed by atoms with Crippen molar-refractivity contribution in [2.75, 3.05) is 5.75 Å². The third-order valence-electron chi connectivity index (χ3n) is 4.31. The van der Waals surface area contributed by atoms with Crippen LogP contribution in [0, 0.1) is 5.82 Å². The number of rotatable bonds is 4. The molecule has 2 atom stereocenters. The van der Waals surface area contributed by atoms with Crippen LogP contribution < -0.4 is 0 Å². The number of nitrogens with zero attached hydrogens (tertiary/aromatic N) is 3. The van der Waals surface area contributed by atoms with Crippen molar-refractivity contribution in [3.05, 3.63) is 30.1 Å². The molecule has 7 heteroatoms. The molecule has 2 aromatic rings. The molecular weight excluding hydrogens is 329 g/mol. The number of benzene rings is 1. The summed E-state index contributed by atoms with van der Waals surface area (Å²) < 4.78 is 19.2. The van der Waals surface area contributed by atoms with Gasteiger partial charge < -0.3 is 9.32 Å². The number of halogens is 1. The molecule has 0 unspecified atom stereocenters. The Morgan fingerprint density at radius 2 is 2.00 bits per heavy atom. The van der Waals surface area contributed by atoms with E-state index in [1.165, 1.54) is 17.8 Å². The summed E-state index contributed by atoms with van der Waals surface area (Å²) >= 11 is 1.19. The molecule has 0 spiro atoms. The van der Waals surface area contributed by atoms with Gasteiger partial charge in [-0.2, -0.15) is 0 Å². The van der Waals surface area contributed by atoms with Gasteiger partial charge >= 0.3 is 0 Å². The quantitative estimate of drug-likeness (QED) is 0.787. The third kappa shape index (κ3) is 3.61. The van der Waals surface area contributed by atoms with Crippen molar-refractivity contribution in [2.24, 2.45) is 0 Å². The predicted octanol–water partition coefficient (Wildman–Crippen LogP) is 3.76. The number of amides is 1. The van der Waals surface area contributed by atoms with Crippen LogP contribution in [-0.2, 0) is 4.79 Å². The first-order chi connectivity index (χ1) is 11.6. The first-order valence-electron chi connectivity index (χ1n) is 8.08. The van der Waals surface area contributed by atoms with Gasteiger partial charge in [0.2, 0.25) is 5.91 Å². The smallest absolute Gasteiger partial charge is 0.277 e. The highest BCUT2D eigenvalue weighted by molar-refractivity contribution is 7.99. The molecule has 1 saturated heterocycles. The van der Waals surface area contributed by atoms with E-state index in [0.29, 0.717) is 0 Å². The normalized spacial score (nSPS) is 21.0. The van der Waals surface area contributed by atoms with E-state index in [1.807, 2.05) is 4.90 Å². The minimum Gasteiger partial charge on any atom is -0.411 e. The van der Waals surface area contributed by atoms with Crippen molar-refractivity contribution in [3.63, 3.8) is 0 Å². The van der Waals surface area contributed by atoms with Crippen molar-refractivity contribution in [3.8, 4) is 11.5 Å². The zero-order valence-corrected chi connectivity index (χ0v) is 14.6. The molecule has 24 heavy (non-hydrogen) atoms. The molecule has 0 saturated carbocycles. The fraction of sp³-hybridized carbons (Fsp3) is 0.471. The first-order valence-corrected chi connectivity index (χ1v) is 9.07. The van der Waals surface area contributed by atoms with Crippen LogP contribution in [0.5, 0.6) is 0 Å². The molecular formula is C17H20FN3O2S. The van der Waals surface area contributed by atoms with Crippen LogP contribution in [0.1, 0.15) is 33.1 Å². The summed E-state index contributed by atoms with van der Waals surface area (Å²) in [5.41, 5.74) is 0.265. The average molecular weight is 349 g/mol. The Labute approximate surface area is 144 Å². The molecule has 0 radical (unpaired) electrons. The Bertz CT molecular complexity index is 711. The van der Waals surface area contributed by atoms with Crippen LogP contribution in [-0.4, -0.2) is 38.8 Å². The lowest BCUT2D eigenvalue weighted by Crippen LogP contribution is -2.48. The van der Waals surface area contributed by atoms with E-state index < -0.39 is 5.82 Å². The number of likely N-dealkylation sites (tertiary alicyclic amines) is 1. The van der Waals surface area contributed by atoms with Gasteiger partial charge in [0.05, 0.1) is 11.3 Å². The Hall–Kier alpha value is -1.89. The number of carbonyl (C=O) groups is 1. The Kier molecular flexibility index (Phi) is 5.18. The summed E-state index contributed by atoms with van der Waals surface area (Å²) in [6.07, 6.45) is 3.24. The zero-order chi connectivity index (χ0) is 17.1. The Morgan fingerprint density at radius 3 is 2.71 bits per heavy atom. The third-order valence-corrected chi connectivity index (χ3v) is 5.11. The molecule has 128 valence electrons. The number of hydrogen-bond acceptors (Lipinski definition) is 5. The summed E-state index contributed by atoms with van der Waals surface area (Å²) in [6.45, 7) is 4.17. The molecule has 1 aliphatic heterocycles. The second-order valence-corrected chi connectivity index (χ2v) is 7.00. The van der Waals surface area contributed by atoms with E-state index in [0.717, 1.165) is 19.3 Å². The van der Waals surface area contributed by atoms with Crippen LogP contribution in [0.4, 0.5) is 4.39 Å². The highest BCUT2D eigenvalue weighted by atomic mass is 32.2. The maximum absolute atomic E-state index is 13.7. The number of thioether (sulfide) groups is 1. The summed E-state index contributed by atoms with van der Waals surface area (Å²) in [5.74, 6) is 0.0333. The summed E-state index contributed by atoms with van der Waals surface area (Å²) in [5, 5.41) is 8.04. The van der Waals surface area contributed by atoms with E-state index in [1.54, 1.807) is 18.2 Å². The van der Waals surface area contributed by atoms with Crippen molar-refractivity contribution in [1.29, 1.82) is 0 Å². The number of carbonyl (C=O) groups excluding carboxylic acids is 1. The van der Waals surface area contributed by atoms with Gasteiger partial charge in [0.1, 0.15) is 5.82 Å².